The van der Waals surface area contributed by atoms with Gasteiger partial charge < -0.3 is 14.5 Å². The number of hydrogen-bond acceptors (Lipinski definition) is 5. The standard InChI is InChI=1S/C24H25N3O3/c1-3-13-27-23(28)21(18-9-5-4-6-10-18)22(24(27)29)26-16-14-25(15-17-26)19-11-7-8-12-20(19)30-2/h3-12H,1,13-17H2,2H3. The molecule has 0 N–H and O–H groups in total. The van der Waals surface area contributed by atoms with Crippen molar-refractivity contribution in [3.05, 3.63) is 78.5 Å². The Bertz CT molecular complexity index is 992. The van der Waals surface area contributed by atoms with E-state index < -0.39 is 0 Å². The Morgan fingerprint density at radius 3 is 2.20 bits per heavy atom. The predicted octanol–water partition coefficient (Wildman–Crippen LogP) is 2.78. The highest BCUT2D eigenvalue weighted by molar-refractivity contribution is 6.35. The van der Waals surface area contributed by atoms with E-state index in [9.17, 15) is 9.59 Å². The number of ether oxygens (including phenoxy) is 1. The van der Waals surface area contributed by atoms with Crippen LogP contribution in [0.5, 0.6) is 5.75 Å². The molecule has 4 rings (SSSR count). The van der Waals surface area contributed by atoms with Gasteiger partial charge in [0, 0.05) is 32.7 Å². The van der Waals surface area contributed by atoms with Crippen LogP contribution in [0.15, 0.2) is 72.9 Å². The summed E-state index contributed by atoms with van der Waals surface area (Å²) in [6.07, 6.45) is 1.58. The Morgan fingerprint density at radius 1 is 0.900 bits per heavy atom. The number of nitrogens with zero attached hydrogens (tertiary/aromatic N) is 3. The Balaban J connectivity index is 1.63. The SMILES string of the molecule is C=CCN1C(=O)C(c2ccccc2)=C(N2CCN(c3ccccc3OC)CC2)C1=O. The van der Waals surface area contributed by atoms with E-state index in [1.165, 1.54) is 4.90 Å². The fraction of sp³-hybridized carbons (Fsp3) is 0.250. The zero-order chi connectivity index (χ0) is 21.1. The van der Waals surface area contributed by atoms with E-state index in [0.29, 0.717) is 24.4 Å². The van der Waals surface area contributed by atoms with E-state index in [4.69, 9.17) is 4.74 Å². The van der Waals surface area contributed by atoms with Crippen molar-refractivity contribution in [1.82, 2.24) is 9.80 Å². The monoisotopic (exact) mass is 403 g/mol. The minimum atomic E-state index is -0.256. The summed E-state index contributed by atoms with van der Waals surface area (Å²) >= 11 is 0. The van der Waals surface area contributed by atoms with Gasteiger partial charge in [0.25, 0.3) is 11.8 Å². The Morgan fingerprint density at radius 2 is 1.53 bits per heavy atom. The van der Waals surface area contributed by atoms with E-state index >= 15 is 0 Å². The largest absolute Gasteiger partial charge is 0.495 e. The molecule has 1 fully saturated rings. The number of imide groups is 1. The van der Waals surface area contributed by atoms with Crippen molar-refractivity contribution >= 4 is 23.1 Å². The van der Waals surface area contributed by atoms with Crippen LogP contribution in [-0.4, -0.2) is 61.4 Å². The van der Waals surface area contributed by atoms with E-state index in [1.807, 2.05) is 59.5 Å². The molecule has 2 aromatic rings. The van der Waals surface area contributed by atoms with Gasteiger partial charge in [-0.15, -0.1) is 6.58 Å². The van der Waals surface area contributed by atoms with Crippen LogP contribution in [0.2, 0.25) is 0 Å². The number of para-hydroxylation sites is 2. The van der Waals surface area contributed by atoms with Crippen molar-refractivity contribution in [2.24, 2.45) is 0 Å². The first-order valence-corrected chi connectivity index (χ1v) is 10.1. The van der Waals surface area contributed by atoms with Crippen molar-refractivity contribution in [3.8, 4) is 5.75 Å². The maximum atomic E-state index is 13.2. The fourth-order valence-electron chi connectivity index (χ4n) is 4.08. The smallest absolute Gasteiger partial charge is 0.278 e. The second-order valence-corrected chi connectivity index (χ2v) is 7.25. The van der Waals surface area contributed by atoms with E-state index in [-0.39, 0.29) is 18.4 Å². The summed E-state index contributed by atoms with van der Waals surface area (Å²) in [5.74, 6) is 0.331. The van der Waals surface area contributed by atoms with E-state index in [2.05, 4.69) is 11.5 Å². The summed E-state index contributed by atoms with van der Waals surface area (Å²) in [6.45, 7) is 6.65. The van der Waals surface area contributed by atoms with Gasteiger partial charge in [0.1, 0.15) is 11.4 Å². The molecule has 2 aromatic carbocycles. The molecule has 0 aliphatic carbocycles. The summed E-state index contributed by atoms with van der Waals surface area (Å²) in [5, 5.41) is 0. The number of piperazine rings is 1. The normalized spacial score (nSPS) is 17.0. The average Bonchev–Trinajstić information content (AvgIpc) is 3.05. The second kappa shape index (κ2) is 8.45. The van der Waals surface area contributed by atoms with Gasteiger partial charge in [0.05, 0.1) is 18.4 Å². The molecule has 6 nitrogen and oxygen atoms in total. The Labute approximate surface area is 176 Å². The molecule has 30 heavy (non-hydrogen) atoms. The van der Waals surface area contributed by atoms with Crippen LogP contribution in [0.1, 0.15) is 5.56 Å². The molecule has 0 aromatic heterocycles. The van der Waals surface area contributed by atoms with Gasteiger partial charge in [-0.3, -0.25) is 14.5 Å². The highest BCUT2D eigenvalue weighted by Crippen LogP contribution is 2.34. The number of rotatable bonds is 6. The first kappa shape index (κ1) is 19.8. The second-order valence-electron chi connectivity index (χ2n) is 7.25. The molecule has 2 aliphatic rings. The maximum absolute atomic E-state index is 13.2. The zero-order valence-corrected chi connectivity index (χ0v) is 17.1. The summed E-state index contributed by atoms with van der Waals surface area (Å²) in [5.41, 5.74) is 2.78. The molecule has 0 bridgehead atoms. The van der Waals surface area contributed by atoms with Crippen molar-refractivity contribution < 1.29 is 14.3 Å². The first-order valence-electron chi connectivity index (χ1n) is 10.1. The molecular weight excluding hydrogens is 378 g/mol. The quantitative estimate of drug-likeness (QED) is 0.548. The summed E-state index contributed by atoms with van der Waals surface area (Å²) in [7, 11) is 1.67. The van der Waals surface area contributed by atoms with Crippen LogP contribution >= 0.6 is 0 Å². The Kier molecular flexibility index (Phi) is 5.57. The predicted molar refractivity (Wildman–Crippen MR) is 117 cm³/mol. The Hall–Kier alpha value is -3.54. The molecule has 0 saturated carbocycles. The third-order valence-corrected chi connectivity index (χ3v) is 5.54. The summed E-state index contributed by atoms with van der Waals surface area (Å²) < 4.78 is 5.49. The van der Waals surface area contributed by atoms with Gasteiger partial charge in [-0.2, -0.15) is 0 Å². The van der Waals surface area contributed by atoms with Crippen molar-refractivity contribution in [2.75, 3.05) is 44.7 Å². The summed E-state index contributed by atoms with van der Waals surface area (Å²) in [6, 6.07) is 17.4. The number of carbonyl (C=O) groups excluding carboxylic acids is 2. The lowest BCUT2D eigenvalue weighted by atomic mass is 10.0. The fourth-order valence-corrected chi connectivity index (χ4v) is 4.08. The van der Waals surface area contributed by atoms with Crippen molar-refractivity contribution in [1.29, 1.82) is 0 Å². The molecule has 6 heteroatoms. The van der Waals surface area contributed by atoms with Crippen molar-refractivity contribution in [2.45, 2.75) is 0 Å². The molecular formula is C24H25N3O3. The third-order valence-electron chi connectivity index (χ3n) is 5.54. The zero-order valence-electron chi connectivity index (χ0n) is 17.1. The van der Waals surface area contributed by atoms with Gasteiger partial charge in [-0.05, 0) is 17.7 Å². The van der Waals surface area contributed by atoms with Crippen LogP contribution < -0.4 is 9.64 Å². The molecule has 2 amide bonds. The third kappa shape index (κ3) is 3.45. The summed E-state index contributed by atoms with van der Waals surface area (Å²) in [4.78, 5) is 31.8. The highest BCUT2D eigenvalue weighted by atomic mass is 16.5. The van der Waals surface area contributed by atoms with Crippen LogP contribution in [0.25, 0.3) is 5.57 Å². The van der Waals surface area contributed by atoms with Gasteiger partial charge in [0.2, 0.25) is 0 Å². The van der Waals surface area contributed by atoms with E-state index in [0.717, 1.165) is 30.1 Å². The molecule has 2 heterocycles. The van der Waals surface area contributed by atoms with Gasteiger partial charge >= 0.3 is 0 Å². The molecule has 0 atom stereocenters. The van der Waals surface area contributed by atoms with Gasteiger partial charge in [0.15, 0.2) is 0 Å². The van der Waals surface area contributed by atoms with Crippen LogP contribution in [0.3, 0.4) is 0 Å². The first-order chi connectivity index (χ1) is 14.7. The average molecular weight is 403 g/mol. The highest BCUT2D eigenvalue weighted by Gasteiger charge is 2.41. The number of methoxy groups -OCH3 is 1. The topological polar surface area (TPSA) is 53.1 Å². The van der Waals surface area contributed by atoms with Gasteiger partial charge in [-0.25, -0.2) is 0 Å². The van der Waals surface area contributed by atoms with E-state index in [1.54, 1.807) is 13.2 Å². The molecule has 0 radical (unpaired) electrons. The minimum Gasteiger partial charge on any atom is -0.495 e. The number of benzene rings is 2. The maximum Gasteiger partial charge on any atom is 0.278 e. The lowest BCUT2D eigenvalue weighted by Crippen LogP contribution is -2.47. The van der Waals surface area contributed by atoms with Crippen LogP contribution in [-0.2, 0) is 9.59 Å². The lowest BCUT2D eigenvalue weighted by Gasteiger charge is -2.38. The lowest BCUT2D eigenvalue weighted by molar-refractivity contribution is -0.136. The molecule has 2 aliphatic heterocycles. The molecule has 154 valence electrons. The van der Waals surface area contributed by atoms with Crippen molar-refractivity contribution in [3.63, 3.8) is 0 Å². The van der Waals surface area contributed by atoms with Crippen LogP contribution in [0, 0.1) is 0 Å². The minimum absolute atomic E-state index is 0.207. The molecule has 0 unspecified atom stereocenters. The number of carbonyl (C=O) groups is 2. The number of hydrogen-bond donors (Lipinski definition) is 0. The van der Waals surface area contributed by atoms with Gasteiger partial charge in [-0.1, -0.05) is 48.5 Å². The van der Waals surface area contributed by atoms with Crippen LogP contribution in [0.4, 0.5) is 5.69 Å². The molecule has 0 spiro atoms. The number of anilines is 1. The number of amides is 2. The molecule has 1 saturated heterocycles.